The number of ether oxygens (including phenoxy) is 1. The van der Waals surface area contributed by atoms with Crippen LogP contribution < -0.4 is 10.5 Å². The number of ketones is 1. The maximum Gasteiger partial charge on any atom is 0.177 e. The molecule has 2 unspecified atom stereocenters. The summed E-state index contributed by atoms with van der Waals surface area (Å²) in [5.41, 5.74) is 7.83. The minimum Gasteiger partial charge on any atom is -0.485 e. The monoisotopic (exact) mass is 383 g/mol. The fourth-order valence-corrected chi connectivity index (χ4v) is 4.69. The lowest BCUT2D eigenvalue weighted by Crippen LogP contribution is -2.29. The van der Waals surface area contributed by atoms with Crippen molar-refractivity contribution in [3.8, 4) is 5.75 Å². The van der Waals surface area contributed by atoms with Crippen LogP contribution in [0.5, 0.6) is 5.75 Å². The summed E-state index contributed by atoms with van der Waals surface area (Å²) < 4.78 is 5.70. The average Bonchev–Trinajstić information content (AvgIpc) is 3.33. The number of carbonyl (C=O) groups excluding carboxylic acids is 1. The van der Waals surface area contributed by atoms with Gasteiger partial charge in [-0.1, -0.05) is 12.1 Å². The number of amidine groups is 1. The van der Waals surface area contributed by atoms with Crippen molar-refractivity contribution in [2.75, 3.05) is 20.2 Å². The number of nitrogens with zero attached hydrogens (tertiary/aromatic N) is 2. The molecular formula is C21H25N3O2S. The highest BCUT2D eigenvalue weighted by Crippen LogP contribution is 2.38. The summed E-state index contributed by atoms with van der Waals surface area (Å²) >= 11 is 1.56. The van der Waals surface area contributed by atoms with Crippen molar-refractivity contribution in [1.82, 2.24) is 4.90 Å². The second-order valence-electron chi connectivity index (χ2n) is 7.36. The molecule has 0 saturated carbocycles. The van der Waals surface area contributed by atoms with E-state index in [0.717, 1.165) is 41.3 Å². The van der Waals surface area contributed by atoms with Gasteiger partial charge in [0.05, 0.1) is 10.6 Å². The molecule has 3 heterocycles. The topological polar surface area (TPSA) is 67.9 Å². The number of fused-ring (bicyclic) bond motifs is 1. The molecule has 0 radical (unpaired) electrons. The molecule has 0 bridgehead atoms. The van der Waals surface area contributed by atoms with Crippen molar-refractivity contribution in [3.63, 3.8) is 0 Å². The molecule has 1 saturated heterocycles. The highest BCUT2D eigenvalue weighted by molar-refractivity contribution is 7.12. The average molecular weight is 384 g/mol. The summed E-state index contributed by atoms with van der Waals surface area (Å²) in [7, 11) is 2.18. The van der Waals surface area contributed by atoms with Crippen LogP contribution in [0.1, 0.15) is 42.0 Å². The van der Waals surface area contributed by atoms with E-state index < -0.39 is 0 Å². The van der Waals surface area contributed by atoms with Crippen LogP contribution in [-0.4, -0.2) is 42.8 Å². The Morgan fingerprint density at radius 3 is 3.00 bits per heavy atom. The zero-order chi connectivity index (χ0) is 18.8. The molecule has 6 heteroatoms. The number of benzene rings is 1. The zero-order valence-electron chi connectivity index (χ0n) is 15.6. The van der Waals surface area contributed by atoms with Crippen molar-refractivity contribution in [1.29, 1.82) is 0 Å². The number of nitrogens with two attached hydrogens (primary N) is 1. The van der Waals surface area contributed by atoms with E-state index >= 15 is 0 Å². The van der Waals surface area contributed by atoms with E-state index in [0.29, 0.717) is 11.9 Å². The second-order valence-corrected chi connectivity index (χ2v) is 8.31. The lowest BCUT2D eigenvalue weighted by molar-refractivity contribution is -0.123. The van der Waals surface area contributed by atoms with Crippen LogP contribution in [0.15, 0.2) is 40.7 Å². The molecule has 2 aliphatic rings. The van der Waals surface area contributed by atoms with Gasteiger partial charge in [0.2, 0.25) is 0 Å². The smallest absolute Gasteiger partial charge is 0.177 e. The molecule has 2 N–H and O–H groups in total. The molecule has 0 amide bonds. The first-order valence-corrected chi connectivity index (χ1v) is 10.4. The summed E-state index contributed by atoms with van der Waals surface area (Å²) in [5, 5.41) is 1.98. The summed E-state index contributed by atoms with van der Waals surface area (Å²) in [4.78, 5) is 20.3. The molecule has 1 aromatic carbocycles. The summed E-state index contributed by atoms with van der Waals surface area (Å²) in [6.07, 6.45) is 4.42. The second kappa shape index (κ2) is 7.82. The Morgan fingerprint density at radius 1 is 1.37 bits per heavy atom. The van der Waals surface area contributed by atoms with Crippen LogP contribution in [0.3, 0.4) is 0 Å². The van der Waals surface area contributed by atoms with Gasteiger partial charge in [0.15, 0.2) is 5.78 Å². The molecule has 142 valence electrons. The maximum absolute atomic E-state index is 12.5. The van der Waals surface area contributed by atoms with Gasteiger partial charge in [-0.3, -0.25) is 4.79 Å². The van der Waals surface area contributed by atoms with Crippen molar-refractivity contribution in [2.24, 2.45) is 10.7 Å². The normalized spacial score (nSPS) is 23.3. The van der Waals surface area contributed by atoms with Crippen molar-refractivity contribution < 1.29 is 9.53 Å². The number of hydrogen-bond acceptors (Lipinski definition) is 5. The lowest BCUT2D eigenvalue weighted by Gasteiger charge is -2.27. The SMILES string of the molecule is CN1CCCC1CCC1C(=O)COc2cc(N=C(N)c3cccs3)ccc21. The molecular weight excluding hydrogens is 358 g/mol. The number of thiophene rings is 1. The maximum atomic E-state index is 12.5. The predicted molar refractivity (Wildman–Crippen MR) is 109 cm³/mol. The van der Waals surface area contributed by atoms with Gasteiger partial charge in [0.1, 0.15) is 18.2 Å². The zero-order valence-corrected chi connectivity index (χ0v) is 16.4. The molecule has 1 aromatic heterocycles. The van der Waals surface area contributed by atoms with Crippen LogP contribution in [-0.2, 0) is 4.79 Å². The summed E-state index contributed by atoms with van der Waals surface area (Å²) in [5.74, 6) is 1.37. The molecule has 2 atom stereocenters. The number of hydrogen-bond donors (Lipinski definition) is 1. The molecule has 2 aliphatic heterocycles. The molecule has 0 spiro atoms. The van der Waals surface area contributed by atoms with Gasteiger partial charge in [-0.25, -0.2) is 4.99 Å². The Morgan fingerprint density at radius 2 is 2.26 bits per heavy atom. The largest absolute Gasteiger partial charge is 0.485 e. The van der Waals surface area contributed by atoms with Crippen LogP contribution in [0.2, 0.25) is 0 Å². The van der Waals surface area contributed by atoms with Crippen LogP contribution in [0, 0.1) is 0 Å². The Balaban J connectivity index is 1.52. The quantitative estimate of drug-likeness (QED) is 0.631. The summed E-state index contributed by atoms with van der Waals surface area (Å²) in [6, 6.07) is 10.3. The Hall–Kier alpha value is -2.18. The number of carbonyl (C=O) groups is 1. The first kappa shape index (κ1) is 18.2. The first-order valence-electron chi connectivity index (χ1n) is 9.49. The Labute approximate surface area is 163 Å². The lowest BCUT2D eigenvalue weighted by atomic mass is 9.86. The fraction of sp³-hybridized carbons (Fsp3) is 0.429. The van der Waals surface area contributed by atoms with E-state index in [2.05, 4.69) is 16.9 Å². The molecule has 0 aliphatic carbocycles. The highest BCUT2D eigenvalue weighted by Gasteiger charge is 2.31. The summed E-state index contributed by atoms with van der Waals surface area (Å²) in [6.45, 7) is 1.31. The van der Waals surface area contributed by atoms with Crippen molar-refractivity contribution in [3.05, 3.63) is 46.2 Å². The number of likely N-dealkylation sites (tertiary alicyclic amines) is 1. The third-order valence-electron chi connectivity index (χ3n) is 5.61. The van der Waals surface area contributed by atoms with Crippen LogP contribution in [0.25, 0.3) is 0 Å². The van der Waals surface area contributed by atoms with E-state index in [-0.39, 0.29) is 18.3 Å². The number of rotatable bonds is 5. The highest BCUT2D eigenvalue weighted by atomic mass is 32.1. The fourth-order valence-electron chi connectivity index (χ4n) is 4.07. The van der Waals surface area contributed by atoms with E-state index in [1.807, 2.05) is 35.7 Å². The van der Waals surface area contributed by atoms with E-state index in [4.69, 9.17) is 10.5 Å². The molecule has 5 nitrogen and oxygen atoms in total. The van der Waals surface area contributed by atoms with E-state index in [1.54, 1.807) is 11.3 Å². The molecule has 4 rings (SSSR count). The van der Waals surface area contributed by atoms with Gasteiger partial charge in [0, 0.05) is 23.6 Å². The first-order chi connectivity index (χ1) is 13.1. The van der Waals surface area contributed by atoms with Gasteiger partial charge in [-0.2, -0.15) is 0 Å². The van der Waals surface area contributed by atoms with Crippen molar-refractivity contribution >= 4 is 28.6 Å². The standard InChI is InChI=1S/C21H25N3O2S/c1-24-10-2-4-15(24)7-9-16-17-8-6-14(12-19(17)26-13-18(16)25)23-21(22)20-5-3-11-27-20/h3,5-6,8,11-12,15-16H,2,4,7,9-10,13H2,1H3,(H2,22,23). The third-order valence-corrected chi connectivity index (χ3v) is 6.51. The Kier molecular flexibility index (Phi) is 5.27. The minimum atomic E-state index is -0.0737. The number of Topliss-reactive ketones (excluding diaryl/α,β-unsaturated/α-hetero) is 1. The third kappa shape index (κ3) is 3.92. The van der Waals surface area contributed by atoms with E-state index in [9.17, 15) is 4.79 Å². The van der Waals surface area contributed by atoms with Crippen LogP contribution in [0.4, 0.5) is 5.69 Å². The molecule has 2 aromatic rings. The van der Waals surface area contributed by atoms with Crippen LogP contribution >= 0.6 is 11.3 Å². The predicted octanol–water partition coefficient (Wildman–Crippen LogP) is 3.70. The molecule has 27 heavy (non-hydrogen) atoms. The van der Waals surface area contributed by atoms with Gasteiger partial charge in [-0.05, 0) is 56.8 Å². The van der Waals surface area contributed by atoms with Crippen molar-refractivity contribution in [2.45, 2.75) is 37.6 Å². The molecule has 1 fully saturated rings. The van der Waals surface area contributed by atoms with Gasteiger partial charge >= 0.3 is 0 Å². The van der Waals surface area contributed by atoms with E-state index in [1.165, 1.54) is 12.8 Å². The number of aliphatic imine (C=N–C) groups is 1. The van der Waals surface area contributed by atoms with Gasteiger partial charge in [-0.15, -0.1) is 11.3 Å². The van der Waals surface area contributed by atoms with Gasteiger partial charge < -0.3 is 15.4 Å². The Bertz CT molecular complexity index is 847. The van der Waals surface area contributed by atoms with Gasteiger partial charge in [0.25, 0.3) is 0 Å². The minimum absolute atomic E-state index is 0.0737.